The highest BCUT2D eigenvalue weighted by molar-refractivity contribution is 7.99. The van der Waals surface area contributed by atoms with Gasteiger partial charge >= 0.3 is 0 Å². The number of carbonyl (C=O) groups excluding carboxylic acids is 1. The maximum Gasteiger partial charge on any atom is 0.234 e. The van der Waals surface area contributed by atoms with Crippen LogP contribution in [-0.4, -0.2) is 52.7 Å². The van der Waals surface area contributed by atoms with Gasteiger partial charge in [0, 0.05) is 18.1 Å². The second kappa shape index (κ2) is 8.72. The number of morpholine rings is 1. The lowest BCUT2D eigenvalue weighted by Gasteiger charge is -2.23. The van der Waals surface area contributed by atoms with Gasteiger partial charge in [-0.1, -0.05) is 48.2 Å². The highest BCUT2D eigenvalue weighted by Gasteiger charge is 2.19. The molecule has 1 fully saturated rings. The van der Waals surface area contributed by atoms with E-state index in [0.717, 1.165) is 60.3 Å². The third-order valence-electron chi connectivity index (χ3n) is 4.93. The molecule has 1 aliphatic heterocycles. The molecule has 28 heavy (non-hydrogen) atoms. The quantitative estimate of drug-likeness (QED) is 0.609. The molecule has 0 aliphatic carbocycles. The van der Waals surface area contributed by atoms with Crippen molar-refractivity contribution in [2.75, 3.05) is 37.4 Å². The van der Waals surface area contributed by atoms with Crippen LogP contribution in [0.3, 0.4) is 0 Å². The van der Waals surface area contributed by atoms with E-state index in [1.165, 1.54) is 16.7 Å². The van der Waals surface area contributed by atoms with E-state index >= 15 is 0 Å². The van der Waals surface area contributed by atoms with E-state index in [-0.39, 0.29) is 5.91 Å². The summed E-state index contributed by atoms with van der Waals surface area (Å²) >= 11 is 1.41. The molecule has 7 nitrogen and oxygen atoms in total. The van der Waals surface area contributed by atoms with Crippen molar-refractivity contribution in [2.45, 2.75) is 11.7 Å². The number of nitrogens with zero attached hydrogens (tertiary/aromatic N) is 3. The second-order valence-corrected chi connectivity index (χ2v) is 7.80. The van der Waals surface area contributed by atoms with Gasteiger partial charge in [-0.15, -0.1) is 10.2 Å². The molecule has 0 atom stereocenters. The van der Waals surface area contributed by atoms with E-state index < -0.39 is 0 Å². The smallest absolute Gasteiger partial charge is 0.234 e. The summed E-state index contributed by atoms with van der Waals surface area (Å²) in [6, 6.07) is 13.9. The Bertz CT molecular complexity index is 963. The molecule has 2 aromatic carbocycles. The van der Waals surface area contributed by atoms with E-state index in [9.17, 15) is 4.79 Å². The third-order valence-corrected chi connectivity index (χ3v) is 5.95. The molecule has 1 aromatic heterocycles. The van der Waals surface area contributed by atoms with Crippen LogP contribution in [0.5, 0.6) is 0 Å². The van der Waals surface area contributed by atoms with Crippen LogP contribution in [0.25, 0.3) is 10.8 Å². The predicted molar refractivity (Wildman–Crippen MR) is 110 cm³/mol. The SMILES string of the molecule is Cn1c(C[NH+]2CCOCC2)nnc1SCC(=O)Nc1cccc2ccccc12. The van der Waals surface area contributed by atoms with Crippen LogP contribution in [0.2, 0.25) is 0 Å². The Morgan fingerprint density at radius 3 is 2.82 bits per heavy atom. The van der Waals surface area contributed by atoms with Gasteiger partial charge in [-0.2, -0.15) is 0 Å². The van der Waals surface area contributed by atoms with Crippen molar-refractivity contribution < 1.29 is 14.4 Å². The lowest BCUT2D eigenvalue weighted by molar-refractivity contribution is -0.922. The zero-order valence-electron chi connectivity index (χ0n) is 15.9. The van der Waals surface area contributed by atoms with Crippen LogP contribution in [-0.2, 0) is 23.1 Å². The van der Waals surface area contributed by atoms with Gasteiger partial charge in [0.1, 0.15) is 19.6 Å². The molecule has 4 rings (SSSR count). The summed E-state index contributed by atoms with van der Waals surface area (Å²) in [6.07, 6.45) is 0. The maximum atomic E-state index is 12.5. The minimum Gasteiger partial charge on any atom is -0.370 e. The number of anilines is 1. The molecule has 0 unspecified atom stereocenters. The minimum atomic E-state index is -0.0512. The Balaban J connectivity index is 1.36. The molecule has 146 valence electrons. The lowest BCUT2D eigenvalue weighted by Crippen LogP contribution is -3.12. The standard InChI is InChI=1S/C20H23N5O2S/c1-24-18(13-25-9-11-27-12-10-25)22-23-20(24)28-14-19(26)21-17-8-4-6-15-5-2-3-7-16(15)17/h2-8H,9-14H2,1H3,(H,21,26)/p+1. The molecule has 1 amide bonds. The number of thioether (sulfide) groups is 1. The van der Waals surface area contributed by atoms with Crippen LogP contribution in [0.15, 0.2) is 47.6 Å². The number of aromatic nitrogens is 3. The van der Waals surface area contributed by atoms with Gasteiger partial charge in [0.25, 0.3) is 0 Å². The van der Waals surface area contributed by atoms with Crippen LogP contribution in [0.1, 0.15) is 5.82 Å². The number of rotatable bonds is 6. The predicted octanol–water partition coefficient (Wildman–Crippen LogP) is 1.11. The van der Waals surface area contributed by atoms with Crippen LogP contribution >= 0.6 is 11.8 Å². The van der Waals surface area contributed by atoms with Crippen molar-refractivity contribution in [2.24, 2.45) is 7.05 Å². The van der Waals surface area contributed by atoms with Crippen molar-refractivity contribution in [3.8, 4) is 0 Å². The number of hydrogen-bond acceptors (Lipinski definition) is 5. The number of ether oxygens (including phenoxy) is 1. The van der Waals surface area contributed by atoms with Crippen LogP contribution in [0, 0.1) is 0 Å². The molecule has 1 aliphatic rings. The molecule has 0 saturated carbocycles. The number of fused-ring (bicyclic) bond motifs is 1. The van der Waals surface area contributed by atoms with Gasteiger partial charge in [-0.05, 0) is 11.5 Å². The minimum absolute atomic E-state index is 0.0512. The normalized spacial score (nSPS) is 15.0. The summed E-state index contributed by atoms with van der Waals surface area (Å²) < 4.78 is 7.39. The Kier molecular flexibility index (Phi) is 5.90. The first-order valence-corrected chi connectivity index (χ1v) is 10.4. The summed E-state index contributed by atoms with van der Waals surface area (Å²) in [5.41, 5.74) is 0.832. The maximum absolute atomic E-state index is 12.5. The first kappa shape index (κ1) is 18.9. The molecule has 0 bridgehead atoms. The number of benzene rings is 2. The summed E-state index contributed by atoms with van der Waals surface area (Å²) in [7, 11) is 1.96. The fraction of sp³-hybridized carbons (Fsp3) is 0.350. The zero-order chi connectivity index (χ0) is 19.3. The third kappa shape index (κ3) is 4.35. The lowest BCUT2D eigenvalue weighted by atomic mass is 10.1. The highest BCUT2D eigenvalue weighted by Crippen LogP contribution is 2.23. The Hall–Kier alpha value is -2.42. The van der Waals surface area contributed by atoms with E-state index in [1.54, 1.807) is 0 Å². The summed E-state index contributed by atoms with van der Waals surface area (Å²) in [4.78, 5) is 13.9. The van der Waals surface area contributed by atoms with Crippen molar-refractivity contribution in [3.05, 3.63) is 48.3 Å². The van der Waals surface area contributed by atoms with E-state index in [2.05, 4.69) is 15.5 Å². The van der Waals surface area contributed by atoms with Crippen molar-refractivity contribution in [1.82, 2.24) is 14.8 Å². The fourth-order valence-corrected chi connectivity index (χ4v) is 4.07. The number of quaternary nitrogens is 1. The molecule has 0 radical (unpaired) electrons. The van der Waals surface area contributed by atoms with Crippen molar-refractivity contribution >= 4 is 34.1 Å². The average Bonchev–Trinajstić information content (AvgIpc) is 3.07. The molecule has 2 N–H and O–H groups in total. The zero-order valence-corrected chi connectivity index (χ0v) is 16.7. The first-order valence-electron chi connectivity index (χ1n) is 9.41. The number of amides is 1. The largest absolute Gasteiger partial charge is 0.370 e. The Labute approximate surface area is 168 Å². The molecule has 2 heterocycles. The molecule has 3 aromatic rings. The number of carbonyl (C=O) groups is 1. The Morgan fingerprint density at radius 2 is 1.96 bits per heavy atom. The first-order chi connectivity index (χ1) is 13.7. The highest BCUT2D eigenvalue weighted by atomic mass is 32.2. The summed E-state index contributed by atoms with van der Waals surface area (Å²) in [5.74, 6) is 1.18. The second-order valence-electron chi connectivity index (χ2n) is 6.86. The van der Waals surface area contributed by atoms with Gasteiger partial charge in [-0.3, -0.25) is 4.79 Å². The summed E-state index contributed by atoms with van der Waals surface area (Å²) in [5, 5.41) is 14.5. The van der Waals surface area contributed by atoms with Crippen LogP contribution in [0.4, 0.5) is 5.69 Å². The summed E-state index contributed by atoms with van der Waals surface area (Å²) in [6.45, 7) is 4.40. The molecule has 8 heteroatoms. The van der Waals surface area contributed by atoms with Gasteiger partial charge in [0.2, 0.25) is 5.91 Å². The van der Waals surface area contributed by atoms with Crippen molar-refractivity contribution in [3.63, 3.8) is 0 Å². The molecular formula is C20H24N5O2S+. The Morgan fingerprint density at radius 1 is 1.18 bits per heavy atom. The molecule has 0 spiro atoms. The van der Waals surface area contributed by atoms with Gasteiger partial charge in [0.05, 0.1) is 19.0 Å². The number of hydrogen-bond donors (Lipinski definition) is 2. The van der Waals surface area contributed by atoms with E-state index in [0.29, 0.717) is 5.75 Å². The average molecular weight is 399 g/mol. The van der Waals surface area contributed by atoms with Crippen LogP contribution < -0.4 is 10.2 Å². The van der Waals surface area contributed by atoms with Gasteiger partial charge in [-0.25, -0.2) is 0 Å². The van der Waals surface area contributed by atoms with Crippen molar-refractivity contribution in [1.29, 1.82) is 0 Å². The van der Waals surface area contributed by atoms with E-state index in [4.69, 9.17) is 4.74 Å². The monoisotopic (exact) mass is 398 g/mol. The topological polar surface area (TPSA) is 73.5 Å². The van der Waals surface area contributed by atoms with E-state index in [1.807, 2.05) is 54.1 Å². The van der Waals surface area contributed by atoms with Gasteiger partial charge in [0.15, 0.2) is 11.0 Å². The fourth-order valence-electron chi connectivity index (χ4n) is 3.34. The number of nitrogens with one attached hydrogen (secondary N) is 2. The molecular weight excluding hydrogens is 374 g/mol. The molecule has 1 saturated heterocycles. The van der Waals surface area contributed by atoms with Gasteiger partial charge < -0.3 is 19.5 Å².